The van der Waals surface area contributed by atoms with E-state index < -0.39 is 0 Å². The second-order valence-corrected chi connectivity index (χ2v) is 18.7. The highest BCUT2D eigenvalue weighted by Gasteiger charge is 2.44. The van der Waals surface area contributed by atoms with Crippen molar-refractivity contribution >= 4 is 51.5 Å². The number of hydrogen-bond donors (Lipinski definition) is 0. The van der Waals surface area contributed by atoms with E-state index in [2.05, 4.69) is 236 Å². The monoisotopic (exact) mass is 858 g/mol. The smallest absolute Gasteiger partial charge is 0.251 e. The fourth-order valence-corrected chi connectivity index (χ4v) is 10.4. The summed E-state index contributed by atoms with van der Waals surface area (Å²) in [7, 11) is 0. The van der Waals surface area contributed by atoms with Gasteiger partial charge >= 0.3 is 0 Å². The van der Waals surface area contributed by atoms with Crippen molar-refractivity contribution in [3.63, 3.8) is 0 Å². The van der Waals surface area contributed by atoms with E-state index in [1.807, 2.05) is 12.1 Å². The van der Waals surface area contributed by atoms with E-state index in [1.54, 1.807) is 0 Å². The Hall–Kier alpha value is -8.38. The Kier molecular flexibility index (Phi) is 10.4. The van der Waals surface area contributed by atoms with Gasteiger partial charge in [-0.2, -0.15) is 5.26 Å². The molecule has 9 aromatic carbocycles. The van der Waals surface area contributed by atoms with E-state index in [4.69, 9.17) is 6.57 Å². The summed E-state index contributed by atoms with van der Waals surface area (Å²) in [5, 5.41) is 10.5. The molecule has 0 amide bonds. The highest BCUT2D eigenvalue weighted by atomic mass is 15.2. The molecule has 0 atom stereocenters. The van der Waals surface area contributed by atoms with Crippen LogP contribution in [0.1, 0.15) is 43.0 Å². The second kappa shape index (κ2) is 16.9. The van der Waals surface area contributed by atoms with Crippen LogP contribution in [0.25, 0.3) is 49.4 Å². The molecule has 2 heterocycles. The Morgan fingerprint density at radius 3 is 1.27 bits per heavy atom. The van der Waals surface area contributed by atoms with Crippen LogP contribution < -0.4 is 26.2 Å². The Bertz CT molecular complexity index is 3080. The molecule has 0 spiro atoms. The summed E-state index contributed by atoms with van der Waals surface area (Å²) in [6.45, 7) is 16.1. The van der Waals surface area contributed by atoms with Crippen molar-refractivity contribution in [1.82, 2.24) is 0 Å². The third-order valence-electron chi connectivity index (χ3n) is 13.7. The zero-order valence-electron chi connectivity index (χ0n) is 37.9. The summed E-state index contributed by atoms with van der Waals surface area (Å²) in [5.74, 6) is 0. The summed E-state index contributed by atoms with van der Waals surface area (Å²) in [4.78, 5) is 9.02. The topological polar surface area (TPSA) is 34.6 Å². The minimum atomic E-state index is -0.222. The molecule has 5 heteroatoms. The molecule has 2 aliphatic heterocycles. The molecule has 0 unspecified atom stereocenters. The van der Waals surface area contributed by atoms with E-state index in [0.717, 1.165) is 55.9 Å². The highest BCUT2D eigenvalue weighted by molar-refractivity contribution is 7.00. The Balaban J connectivity index is 1.21. The van der Waals surface area contributed by atoms with Crippen molar-refractivity contribution in [2.24, 2.45) is 0 Å². The third-order valence-corrected chi connectivity index (χ3v) is 13.7. The van der Waals surface area contributed by atoms with Gasteiger partial charge in [0, 0.05) is 35.8 Å². The van der Waals surface area contributed by atoms with Gasteiger partial charge in [-0.1, -0.05) is 197 Å². The SMILES string of the molecule is [C-]#[N+]c1ccc2c(c1)N(Cc1c(-c3ccccc3)cccc1-c1ccccc1)c1cc(C(C)(C)C)cc3c1B2c1ccc(C#N)cc1N3Cc1c(-c2ccccc2)cccc1-c1ccccc1. The maximum atomic E-state index is 10.5. The first kappa shape index (κ1) is 41.3. The quantitative estimate of drug-likeness (QED) is 0.113. The van der Waals surface area contributed by atoms with Crippen molar-refractivity contribution in [2.45, 2.75) is 39.3 Å². The molecular formula is C62H47BN4. The van der Waals surface area contributed by atoms with E-state index >= 15 is 0 Å². The maximum absolute atomic E-state index is 10.5. The van der Waals surface area contributed by atoms with Gasteiger partial charge in [0.25, 0.3) is 6.71 Å². The first-order valence-corrected chi connectivity index (χ1v) is 23.0. The minimum absolute atomic E-state index is 0.153. The largest absolute Gasteiger partial charge is 0.339 e. The van der Waals surface area contributed by atoms with Crippen LogP contribution in [0.5, 0.6) is 0 Å². The lowest BCUT2D eigenvalue weighted by Gasteiger charge is -2.45. The number of hydrogen-bond acceptors (Lipinski definition) is 3. The summed E-state index contributed by atoms with van der Waals surface area (Å²) in [5.41, 5.74) is 21.8. The number of nitrogens with zero attached hydrogens (tertiary/aromatic N) is 4. The minimum Gasteiger partial charge on any atom is -0.339 e. The normalized spacial score (nSPS) is 12.4. The molecule has 67 heavy (non-hydrogen) atoms. The Morgan fingerprint density at radius 2 is 0.881 bits per heavy atom. The molecule has 0 fully saturated rings. The molecule has 11 rings (SSSR count). The molecule has 0 radical (unpaired) electrons. The fourth-order valence-electron chi connectivity index (χ4n) is 10.4. The van der Waals surface area contributed by atoms with E-state index in [9.17, 15) is 5.26 Å². The van der Waals surface area contributed by atoms with E-state index in [-0.39, 0.29) is 12.1 Å². The second-order valence-electron chi connectivity index (χ2n) is 18.7. The number of anilines is 4. The van der Waals surface area contributed by atoms with Crippen LogP contribution in [0.4, 0.5) is 28.4 Å². The Labute approximate surface area is 394 Å². The highest BCUT2D eigenvalue weighted by Crippen LogP contribution is 2.46. The van der Waals surface area contributed by atoms with Crippen molar-refractivity contribution in [3.05, 3.63) is 240 Å². The predicted molar refractivity (Wildman–Crippen MR) is 280 cm³/mol. The van der Waals surface area contributed by atoms with Crippen LogP contribution in [0, 0.1) is 17.9 Å². The molecular weight excluding hydrogens is 812 g/mol. The molecule has 0 aromatic heterocycles. The first-order valence-electron chi connectivity index (χ1n) is 23.0. The van der Waals surface area contributed by atoms with Gasteiger partial charge in [-0.3, -0.25) is 0 Å². The number of fused-ring (bicyclic) bond motifs is 4. The van der Waals surface area contributed by atoms with Crippen LogP contribution in [-0.4, -0.2) is 6.71 Å². The average molecular weight is 859 g/mol. The molecule has 0 N–H and O–H groups in total. The van der Waals surface area contributed by atoms with Crippen molar-refractivity contribution < 1.29 is 0 Å². The lowest BCUT2D eigenvalue weighted by molar-refractivity contribution is 0.590. The van der Waals surface area contributed by atoms with Crippen molar-refractivity contribution in [3.8, 4) is 50.6 Å². The fraction of sp³-hybridized carbons (Fsp3) is 0.0968. The Morgan fingerprint density at radius 1 is 0.478 bits per heavy atom. The van der Waals surface area contributed by atoms with Crippen molar-refractivity contribution in [2.75, 3.05) is 9.80 Å². The van der Waals surface area contributed by atoms with Crippen molar-refractivity contribution in [1.29, 1.82) is 5.26 Å². The summed E-state index contributed by atoms with van der Waals surface area (Å²) in [6.07, 6.45) is 0. The number of benzene rings is 9. The van der Waals surface area contributed by atoms with Gasteiger partial charge in [0.15, 0.2) is 5.69 Å². The zero-order chi connectivity index (χ0) is 45.6. The van der Waals surface area contributed by atoms with Gasteiger partial charge in [-0.15, -0.1) is 0 Å². The molecule has 2 aliphatic rings. The molecule has 9 aromatic rings. The lowest BCUT2D eigenvalue weighted by atomic mass is 9.33. The molecule has 0 saturated heterocycles. The van der Waals surface area contributed by atoms with E-state index in [0.29, 0.717) is 24.3 Å². The molecule has 0 saturated carbocycles. The van der Waals surface area contributed by atoms with Gasteiger partial charge in [0.05, 0.1) is 18.2 Å². The summed E-state index contributed by atoms with van der Waals surface area (Å²) >= 11 is 0. The first-order chi connectivity index (χ1) is 32.8. The summed E-state index contributed by atoms with van der Waals surface area (Å²) < 4.78 is 0. The standard InChI is InChI=1S/C62H47BN4/c1-62(2,3)47-36-59-61-60(37-47)67(41-54-51(45-23-13-7-14-24-45)29-18-30-52(54)46-25-15-8-16-26-46)58-38-48(65-4)32-34-56(58)63(61)55-33-31-42(39-64)35-57(55)66(59)40-53-49(43-19-9-5-10-20-43)27-17-28-50(53)44-21-11-6-12-22-44/h5-38H,40-41H2,1-3H3. The predicted octanol–water partition coefficient (Wildman–Crippen LogP) is 13.9. The van der Waals surface area contributed by atoms with Crippen LogP contribution in [0.3, 0.4) is 0 Å². The molecule has 318 valence electrons. The van der Waals surface area contributed by atoms with E-state index in [1.165, 1.54) is 44.4 Å². The molecule has 0 aliphatic carbocycles. The van der Waals surface area contributed by atoms with Gasteiger partial charge in [-0.05, 0) is 113 Å². The van der Waals surface area contributed by atoms with Crippen LogP contribution >= 0.6 is 0 Å². The lowest BCUT2D eigenvalue weighted by Crippen LogP contribution is -2.62. The van der Waals surface area contributed by atoms with Gasteiger partial charge in [0.2, 0.25) is 0 Å². The van der Waals surface area contributed by atoms with Gasteiger partial charge in [-0.25, -0.2) is 4.85 Å². The third kappa shape index (κ3) is 7.36. The van der Waals surface area contributed by atoms with Gasteiger partial charge in [0.1, 0.15) is 0 Å². The van der Waals surface area contributed by atoms with Crippen LogP contribution in [0.15, 0.2) is 206 Å². The number of rotatable bonds is 8. The molecule has 0 bridgehead atoms. The zero-order valence-corrected chi connectivity index (χ0v) is 37.9. The molecule has 4 nitrogen and oxygen atoms in total. The van der Waals surface area contributed by atoms with Gasteiger partial charge < -0.3 is 9.80 Å². The average Bonchev–Trinajstić information content (AvgIpc) is 3.38. The number of nitriles is 1. The van der Waals surface area contributed by atoms with Crippen LogP contribution in [0.2, 0.25) is 0 Å². The van der Waals surface area contributed by atoms with Crippen LogP contribution in [-0.2, 0) is 18.5 Å². The summed E-state index contributed by atoms with van der Waals surface area (Å²) in [6, 6.07) is 76.0. The maximum Gasteiger partial charge on any atom is 0.251 e.